The van der Waals surface area contributed by atoms with Gasteiger partial charge in [0.05, 0.1) is 19.2 Å². The van der Waals surface area contributed by atoms with Gasteiger partial charge in [-0.15, -0.1) is 0 Å². The lowest BCUT2D eigenvalue weighted by Crippen LogP contribution is -2.43. The molecule has 0 aliphatic carbocycles. The number of nitrogens with zero attached hydrogens (tertiary/aromatic N) is 3. The highest BCUT2D eigenvalue weighted by atomic mass is 19.1. The van der Waals surface area contributed by atoms with Crippen LogP contribution in [0.3, 0.4) is 0 Å². The molecule has 2 aliphatic rings. The van der Waals surface area contributed by atoms with Crippen LogP contribution in [0.5, 0.6) is 0 Å². The van der Waals surface area contributed by atoms with Crippen molar-refractivity contribution in [3.05, 3.63) is 29.8 Å². The summed E-state index contributed by atoms with van der Waals surface area (Å²) in [5.74, 6) is -0.201. The van der Waals surface area contributed by atoms with Gasteiger partial charge in [-0.25, -0.2) is 4.39 Å². The molecule has 6 heteroatoms. The minimum Gasteiger partial charge on any atom is -0.374 e. The van der Waals surface area contributed by atoms with Gasteiger partial charge in [0.25, 0.3) is 0 Å². The van der Waals surface area contributed by atoms with E-state index >= 15 is 0 Å². The number of nitriles is 1. The monoisotopic (exact) mass is 316 g/mol. The second kappa shape index (κ2) is 6.55. The van der Waals surface area contributed by atoms with Crippen LogP contribution in [-0.4, -0.2) is 49.7 Å². The standard InChI is InChI=1S/C17H21FN4O/c1-21-7-6-15(14-4-2-3-5-16(14)21)20-10-17(23)22-11-12(18)8-13(22)9-19/h2-5,12-13,15,20H,6-8,10-11H2,1H3/t12-,13-,15?/m0/s1. The SMILES string of the molecule is CN1CCC(NCC(=O)N2C[C@@H](F)C[C@H]2C#N)c2ccccc21. The first-order valence-corrected chi connectivity index (χ1v) is 7.96. The first kappa shape index (κ1) is 15.8. The van der Waals surface area contributed by atoms with Gasteiger partial charge in [-0.2, -0.15) is 5.26 Å². The Labute approximate surface area is 135 Å². The molecule has 3 rings (SSSR count). The molecule has 0 radical (unpaired) electrons. The summed E-state index contributed by atoms with van der Waals surface area (Å²) in [4.78, 5) is 15.9. The Morgan fingerprint density at radius 3 is 3.04 bits per heavy atom. The lowest BCUT2D eigenvalue weighted by atomic mass is 9.97. The molecule has 1 saturated heterocycles. The van der Waals surface area contributed by atoms with Crippen LogP contribution in [0, 0.1) is 11.3 Å². The van der Waals surface area contributed by atoms with Gasteiger partial charge in [-0.1, -0.05) is 18.2 Å². The van der Waals surface area contributed by atoms with Crippen molar-refractivity contribution in [3.8, 4) is 6.07 Å². The number of hydrogen-bond acceptors (Lipinski definition) is 4. The zero-order valence-electron chi connectivity index (χ0n) is 13.2. The van der Waals surface area contributed by atoms with E-state index < -0.39 is 12.2 Å². The minimum atomic E-state index is -1.09. The van der Waals surface area contributed by atoms with Crippen LogP contribution >= 0.6 is 0 Å². The van der Waals surface area contributed by atoms with E-state index in [1.807, 2.05) is 18.2 Å². The Morgan fingerprint density at radius 2 is 2.26 bits per heavy atom. The minimum absolute atomic E-state index is 0.0305. The highest BCUT2D eigenvalue weighted by Crippen LogP contribution is 2.32. The van der Waals surface area contributed by atoms with Gasteiger partial charge in [0.1, 0.15) is 12.2 Å². The number of fused-ring (bicyclic) bond motifs is 1. The smallest absolute Gasteiger partial charge is 0.237 e. The zero-order valence-corrected chi connectivity index (χ0v) is 13.2. The topological polar surface area (TPSA) is 59.4 Å². The first-order chi connectivity index (χ1) is 11.1. The Balaban J connectivity index is 1.64. The van der Waals surface area contributed by atoms with Crippen molar-refractivity contribution in [2.45, 2.75) is 31.1 Å². The summed E-state index contributed by atoms with van der Waals surface area (Å²) < 4.78 is 13.4. The predicted octanol–water partition coefficient (Wildman–Crippen LogP) is 1.62. The number of halogens is 1. The third-order valence-electron chi connectivity index (χ3n) is 4.70. The summed E-state index contributed by atoms with van der Waals surface area (Å²) in [5.41, 5.74) is 2.35. The zero-order chi connectivity index (χ0) is 16.4. The third kappa shape index (κ3) is 3.15. The van der Waals surface area contributed by atoms with E-state index in [-0.39, 0.29) is 31.5 Å². The van der Waals surface area contributed by atoms with Crippen molar-refractivity contribution in [1.29, 1.82) is 5.26 Å². The molecule has 2 heterocycles. The van der Waals surface area contributed by atoms with Crippen molar-refractivity contribution in [2.75, 3.05) is 31.6 Å². The van der Waals surface area contributed by atoms with Crippen LogP contribution in [0.4, 0.5) is 10.1 Å². The molecule has 0 aromatic heterocycles. The fourth-order valence-electron chi connectivity index (χ4n) is 3.44. The van der Waals surface area contributed by atoms with Crippen LogP contribution < -0.4 is 10.2 Å². The van der Waals surface area contributed by atoms with E-state index in [1.54, 1.807) is 0 Å². The number of rotatable bonds is 3. The maximum Gasteiger partial charge on any atom is 0.237 e. The molecule has 1 amide bonds. The predicted molar refractivity (Wildman–Crippen MR) is 85.7 cm³/mol. The Bertz CT molecular complexity index is 629. The van der Waals surface area contributed by atoms with Gasteiger partial charge in [0.2, 0.25) is 5.91 Å². The highest BCUT2D eigenvalue weighted by molar-refractivity contribution is 5.79. The van der Waals surface area contributed by atoms with Gasteiger partial charge in [0.15, 0.2) is 0 Å². The largest absolute Gasteiger partial charge is 0.374 e. The van der Waals surface area contributed by atoms with Crippen molar-refractivity contribution < 1.29 is 9.18 Å². The summed E-state index contributed by atoms with van der Waals surface area (Å²) >= 11 is 0. The van der Waals surface area contributed by atoms with Crippen molar-refractivity contribution in [2.24, 2.45) is 0 Å². The molecule has 1 aromatic carbocycles. The lowest BCUT2D eigenvalue weighted by Gasteiger charge is -2.34. The number of amides is 1. The number of anilines is 1. The molecule has 23 heavy (non-hydrogen) atoms. The summed E-state index contributed by atoms with van der Waals surface area (Å²) in [6.45, 7) is 1.08. The molecule has 0 bridgehead atoms. The average molecular weight is 316 g/mol. The molecule has 1 unspecified atom stereocenters. The number of likely N-dealkylation sites (tertiary alicyclic amines) is 1. The normalized spacial score (nSPS) is 26.7. The Hall–Kier alpha value is -2.13. The molecule has 1 aromatic rings. The second-order valence-electron chi connectivity index (χ2n) is 6.23. The van der Waals surface area contributed by atoms with Gasteiger partial charge >= 0.3 is 0 Å². The van der Waals surface area contributed by atoms with E-state index in [0.29, 0.717) is 0 Å². The lowest BCUT2D eigenvalue weighted by molar-refractivity contribution is -0.130. The maximum atomic E-state index is 13.4. The van der Waals surface area contributed by atoms with E-state index in [1.165, 1.54) is 16.2 Å². The van der Waals surface area contributed by atoms with Crippen LogP contribution in [0.15, 0.2) is 24.3 Å². The van der Waals surface area contributed by atoms with Gasteiger partial charge in [0, 0.05) is 31.7 Å². The van der Waals surface area contributed by atoms with Crippen LogP contribution in [-0.2, 0) is 4.79 Å². The number of benzene rings is 1. The number of carbonyl (C=O) groups excluding carboxylic acids is 1. The fourth-order valence-corrected chi connectivity index (χ4v) is 3.44. The summed E-state index contributed by atoms with van der Waals surface area (Å²) in [6, 6.07) is 9.63. The quantitative estimate of drug-likeness (QED) is 0.920. The summed E-state index contributed by atoms with van der Waals surface area (Å²) in [6.07, 6.45) is -0.0549. The molecule has 0 saturated carbocycles. The van der Waals surface area contributed by atoms with Crippen LogP contribution in [0.25, 0.3) is 0 Å². The van der Waals surface area contributed by atoms with E-state index in [0.717, 1.165) is 13.0 Å². The van der Waals surface area contributed by atoms with E-state index in [9.17, 15) is 9.18 Å². The van der Waals surface area contributed by atoms with Crippen molar-refractivity contribution >= 4 is 11.6 Å². The Morgan fingerprint density at radius 1 is 1.48 bits per heavy atom. The number of hydrogen-bond donors (Lipinski definition) is 1. The molecule has 122 valence electrons. The molecular weight excluding hydrogens is 295 g/mol. The molecule has 2 aliphatic heterocycles. The van der Waals surface area contributed by atoms with Crippen molar-refractivity contribution in [1.82, 2.24) is 10.2 Å². The second-order valence-corrected chi connectivity index (χ2v) is 6.23. The van der Waals surface area contributed by atoms with E-state index in [2.05, 4.69) is 29.4 Å². The Kier molecular flexibility index (Phi) is 4.49. The fraction of sp³-hybridized carbons (Fsp3) is 0.529. The third-order valence-corrected chi connectivity index (χ3v) is 4.70. The van der Waals surface area contributed by atoms with Crippen LogP contribution in [0.2, 0.25) is 0 Å². The summed E-state index contributed by atoms with van der Waals surface area (Å²) in [7, 11) is 2.06. The van der Waals surface area contributed by atoms with Crippen LogP contribution in [0.1, 0.15) is 24.4 Å². The number of carbonyl (C=O) groups is 1. The average Bonchev–Trinajstić information content (AvgIpc) is 2.95. The molecule has 5 nitrogen and oxygen atoms in total. The number of nitrogens with one attached hydrogen (secondary N) is 1. The number of alkyl halides is 1. The molecule has 0 spiro atoms. The molecular formula is C17H21FN4O. The van der Waals surface area contributed by atoms with Crippen molar-refractivity contribution in [3.63, 3.8) is 0 Å². The van der Waals surface area contributed by atoms with Gasteiger partial charge < -0.3 is 15.1 Å². The highest BCUT2D eigenvalue weighted by Gasteiger charge is 2.35. The number of para-hydroxylation sites is 1. The maximum absolute atomic E-state index is 13.4. The summed E-state index contributed by atoms with van der Waals surface area (Å²) in [5, 5.41) is 12.3. The first-order valence-electron chi connectivity index (χ1n) is 7.96. The van der Waals surface area contributed by atoms with Gasteiger partial charge in [-0.3, -0.25) is 4.79 Å². The molecule has 3 atom stereocenters. The molecule has 1 fully saturated rings. The molecule has 1 N–H and O–H groups in total. The van der Waals surface area contributed by atoms with Gasteiger partial charge in [-0.05, 0) is 18.1 Å². The van der Waals surface area contributed by atoms with E-state index in [4.69, 9.17) is 5.26 Å².